The van der Waals surface area contributed by atoms with E-state index >= 15 is 0 Å². The lowest BCUT2D eigenvalue weighted by molar-refractivity contribution is 1.66. The van der Waals surface area contributed by atoms with Gasteiger partial charge in [0, 0.05) is 10.6 Å². The topological polar surface area (TPSA) is 0 Å². The quantitative estimate of drug-likeness (QED) is 0.540. The standard InChI is InChI=1S/C9H7Cl/c1-2-5-8-6-3-4-7-9(8)10/h3-7H,1H2. The van der Waals surface area contributed by atoms with Gasteiger partial charge in [0.2, 0.25) is 0 Å². The molecule has 0 aliphatic rings. The van der Waals surface area contributed by atoms with Gasteiger partial charge in [-0.2, -0.15) is 0 Å². The van der Waals surface area contributed by atoms with E-state index < -0.39 is 0 Å². The Morgan fingerprint density at radius 1 is 1.40 bits per heavy atom. The van der Waals surface area contributed by atoms with Crippen LogP contribution in [0, 0.1) is 0 Å². The van der Waals surface area contributed by atoms with Gasteiger partial charge < -0.3 is 0 Å². The molecule has 0 saturated carbocycles. The van der Waals surface area contributed by atoms with Crippen LogP contribution in [0.15, 0.2) is 36.6 Å². The summed E-state index contributed by atoms with van der Waals surface area (Å²) in [6.07, 6.45) is 1.75. The van der Waals surface area contributed by atoms with Crippen molar-refractivity contribution in [3.05, 3.63) is 47.2 Å². The summed E-state index contributed by atoms with van der Waals surface area (Å²) in [7, 11) is 0. The summed E-state index contributed by atoms with van der Waals surface area (Å²) in [4.78, 5) is 0. The third kappa shape index (κ3) is 1.51. The summed E-state index contributed by atoms with van der Waals surface area (Å²) >= 11 is 5.80. The van der Waals surface area contributed by atoms with Crippen molar-refractivity contribution < 1.29 is 0 Å². The van der Waals surface area contributed by atoms with Gasteiger partial charge in [0.1, 0.15) is 0 Å². The summed E-state index contributed by atoms with van der Waals surface area (Å²) in [6, 6.07) is 7.57. The summed E-state index contributed by atoms with van der Waals surface area (Å²) in [5.74, 6) is 0. The van der Waals surface area contributed by atoms with E-state index in [4.69, 9.17) is 11.6 Å². The first-order valence-corrected chi connectivity index (χ1v) is 3.33. The van der Waals surface area contributed by atoms with Crippen LogP contribution in [0.2, 0.25) is 5.02 Å². The number of hydrogen-bond acceptors (Lipinski definition) is 0. The highest BCUT2D eigenvalue weighted by Crippen LogP contribution is 2.15. The molecule has 0 spiro atoms. The maximum Gasteiger partial charge on any atom is 0.0484 e. The average Bonchev–Trinajstić information content (AvgIpc) is 1.94. The van der Waals surface area contributed by atoms with Crippen molar-refractivity contribution in [1.29, 1.82) is 0 Å². The summed E-state index contributed by atoms with van der Waals surface area (Å²) in [5, 5.41) is 0.735. The molecule has 0 aliphatic carbocycles. The van der Waals surface area contributed by atoms with E-state index in [2.05, 4.69) is 12.3 Å². The molecule has 1 rings (SSSR count). The fourth-order valence-electron chi connectivity index (χ4n) is 0.702. The molecule has 0 nitrogen and oxygen atoms in total. The Morgan fingerprint density at radius 2 is 2.10 bits per heavy atom. The van der Waals surface area contributed by atoms with Gasteiger partial charge in [-0.05, 0) is 12.1 Å². The van der Waals surface area contributed by atoms with Gasteiger partial charge in [-0.1, -0.05) is 36.4 Å². The first-order chi connectivity index (χ1) is 4.84. The van der Waals surface area contributed by atoms with Crippen molar-refractivity contribution in [2.24, 2.45) is 0 Å². The van der Waals surface area contributed by atoms with E-state index in [0.717, 1.165) is 10.6 Å². The van der Waals surface area contributed by atoms with Gasteiger partial charge >= 0.3 is 0 Å². The minimum atomic E-state index is 0.735. The summed E-state index contributed by atoms with van der Waals surface area (Å²) < 4.78 is 0. The molecule has 0 N–H and O–H groups in total. The molecular weight excluding hydrogens is 144 g/mol. The van der Waals surface area contributed by atoms with E-state index in [1.165, 1.54) is 0 Å². The van der Waals surface area contributed by atoms with Gasteiger partial charge in [-0.25, -0.2) is 0 Å². The van der Waals surface area contributed by atoms with Crippen LogP contribution in [-0.4, -0.2) is 0 Å². The second-order valence-corrected chi connectivity index (χ2v) is 2.28. The third-order valence-corrected chi connectivity index (χ3v) is 1.51. The summed E-state index contributed by atoms with van der Waals surface area (Å²) in [5.41, 5.74) is 3.62. The maximum absolute atomic E-state index is 5.80. The van der Waals surface area contributed by atoms with Crippen LogP contribution in [0.3, 0.4) is 0 Å². The fraction of sp³-hybridized carbons (Fsp3) is 0. The molecule has 1 aromatic rings. The first kappa shape index (κ1) is 7.14. The lowest BCUT2D eigenvalue weighted by Gasteiger charge is -1.92. The molecule has 0 saturated heterocycles. The van der Waals surface area contributed by atoms with E-state index in [0.29, 0.717) is 0 Å². The molecule has 10 heavy (non-hydrogen) atoms. The van der Waals surface area contributed by atoms with Gasteiger partial charge in [0.05, 0.1) is 0 Å². The molecule has 0 aromatic heterocycles. The van der Waals surface area contributed by atoms with Crippen molar-refractivity contribution >= 4 is 17.7 Å². The Bertz CT molecular complexity index is 270. The predicted molar refractivity (Wildman–Crippen MR) is 45.1 cm³/mol. The maximum atomic E-state index is 5.80. The van der Waals surface area contributed by atoms with E-state index in [1.54, 1.807) is 6.08 Å². The highest BCUT2D eigenvalue weighted by molar-refractivity contribution is 6.32. The van der Waals surface area contributed by atoms with E-state index in [9.17, 15) is 0 Å². The van der Waals surface area contributed by atoms with Crippen molar-refractivity contribution in [2.45, 2.75) is 0 Å². The molecule has 0 bridgehead atoms. The van der Waals surface area contributed by atoms with Crippen LogP contribution in [0.5, 0.6) is 0 Å². The van der Waals surface area contributed by atoms with Crippen molar-refractivity contribution in [3.63, 3.8) is 0 Å². The van der Waals surface area contributed by atoms with Gasteiger partial charge in [0.25, 0.3) is 0 Å². The van der Waals surface area contributed by atoms with Crippen LogP contribution < -0.4 is 0 Å². The zero-order valence-electron chi connectivity index (χ0n) is 5.47. The Balaban J connectivity index is 3.14. The third-order valence-electron chi connectivity index (χ3n) is 1.16. The molecule has 0 amide bonds. The molecule has 0 atom stereocenters. The lowest BCUT2D eigenvalue weighted by atomic mass is 10.2. The molecule has 1 heteroatoms. The molecule has 0 radical (unpaired) electrons. The Kier molecular flexibility index (Phi) is 2.33. The van der Waals surface area contributed by atoms with Crippen molar-refractivity contribution in [3.8, 4) is 0 Å². The Labute approximate surface area is 65.5 Å². The zero-order chi connectivity index (χ0) is 7.40. The average molecular weight is 151 g/mol. The molecule has 0 unspecified atom stereocenters. The number of benzene rings is 1. The van der Waals surface area contributed by atoms with Crippen LogP contribution in [0.25, 0.3) is 6.08 Å². The van der Waals surface area contributed by atoms with Crippen molar-refractivity contribution in [2.75, 3.05) is 0 Å². The second-order valence-electron chi connectivity index (χ2n) is 1.87. The SMILES string of the molecule is C=C=Cc1ccccc1Cl. The Hall–Kier alpha value is -0.970. The first-order valence-electron chi connectivity index (χ1n) is 2.95. The Morgan fingerprint density at radius 3 is 2.70 bits per heavy atom. The number of halogens is 1. The zero-order valence-corrected chi connectivity index (χ0v) is 6.23. The number of hydrogen-bond donors (Lipinski definition) is 0. The monoisotopic (exact) mass is 150 g/mol. The van der Waals surface area contributed by atoms with Crippen LogP contribution >= 0.6 is 11.6 Å². The van der Waals surface area contributed by atoms with Crippen LogP contribution in [0.4, 0.5) is 0 Å². The molecule has 0 fully saturated rings. The fourth-order valence-corrected chi connectivity index (χ4v) is 0.892. The number of rotatable bonds is 1. The van der Waals surface area contributed by atoms with Crippen LogP contribution in [-0.2, 0) is 0 Å². The molecule has 0 aliphatic heterocycles. The minimum Gasteiger partial charge on any atom is -0.128 e. The van der Waals surface area contributed by atoms with Gasteiger partial charge in [-0.15, -0.1) is 5.73 Å². The van der Waals surface area contributed by atoms with Gasteiger partial charge in [-0.3, -0.25) is 0 Å². The molecule has 0 heterocycles. The summed E-state index contributed by atoms with van der Waals surface area (Å²) in [6.45, 7) is 3.46. The highest BCUT2D eigenvalue weighted by atomic mass is 35.5. The van der Waals surface area contributed by atoms with Gasteiger partial charge in [0.15, 0.2) is 0 Å². The minimum absolute atomic E-state index is 0.735. The van der Waals surface area contributed by atoms with E-state index in [-0.39, 0.29) is 0 Å². The highest BCUT2D eigenvalue weighted by Gasteiger charge is 1.90. The smallest absolute Gasteiger partial charge is 0.0484 e. The molecular formula is C9H7Cl. The predicted octanol–water partition coefficient (Wildman–Crippen LogP) is 3.14. The van der Waals surface area contributed by atoms with Crippen molar-refractivity contribution in [1.82, 2.24) is 0 Å². The van der Waals surface area contributed by atoms with Crippen LogP contribution in [0.1, 0.15) is 5.56 Å². The lowest BCUT2D eigenvalue weighted by Crippen LogP contribution is -1.70. The molecule has 1 aromatic carbocycles. The second kappa shape index (κ2) is 3.26. The van der Waals surface area contributed by atoms with E-state index in [1.807, 2.05) is 24.3 Å². The normalized spacial score (nSPS) is 8.50. The molecule has 50 valence electrons. The largest absolute Gasteiger partial charge is 0.128 e.